The minimum atomic E-state index is -4.01. The Bertz CT molecular complexity index is 1630. The first-order valence-corrected chi connectivity index (χ1v) is 15.9. The van der Waals surface area contributed by atoms with E-state index in [9.17, 15) is 13.2 Å². The van der Waals surface area contributed by atoms with Crippen molar-refractivity contribution in [2.24, 2.45) is 0 Å². The largest absolute Gasteiger partial charge is 0.345 e. The number of halogens is 1. The van der Waals surface area contributed by atoms with Gasteiger partial charge in [-0.3, -0.25) is 9.10 Å². The summed E-state index contributed by atoms with van der Waals surface area (Å²) in [6.07, 6.45) is 5.28. The highest BCUT2D eigenvalue weighted by atomic mass is 35.5. The number of anilines is 1. The number of fused-ring (bicyclic) bond motifs is 1. The smallest absolute Gasteiger partial charge is 0.264 e. The van der Waals surface area contributed by atoms with Crippen LogP contribution in [-0.4, -0.2) is 14.3 Å². The molecule has 1 aliphatic carbocycles. The van der Waals surface area contributed by atoms with Crippen LogP contribution in [0.25, 0.3) is 0 Å². The monoisotopic (exact) mass is 586 g/mol. The standard InChI is InChI=1S/C34H35ClN2O3S/c1-3-32(28-17-16-26-8-4-5-9-27(26)22-28)36-34(38)31-10-6-7-11-33(31)37(23-25-14-18-29(35)19-15-25)41(39,40)30-20-12-24(2)13-21-30/h6-7,10-22,32H,3-5,8-9,23H2,1-2H3,(H,36,38). The van der Waals surface area contributed by atoms with Crippen molar-refractivity contribution >= 4 is 33.2 Å². The molecule has 7 heteroatoms. The van der Waals surface area contributed by atoms with Crippen molar-refractivity contribution in [1.82, 2.24) is 5.32 Å². The molecule has 0 saturated carbocycles. The number of benzene rings is 4. The predicted molar refractivity (Wildman–Crippen MR) is 166 cm³/mol. The van der Waals surface area contributed by atoms with Gasteiger partial charge in [0.25, 0.3) is 15.9 Å². The average molecular weight is 587 g/mol. The molecule has 1 N–H and O–H groups in total. The van der Waals surface area contributed by atoms with Gasteiger partial charge in [0.15, 0.2) is 0 Å². The van der Waals surface area contributed by atoms with Crippen molar-refractivity contribution < 1.29 is 13.2 Å². The van der Waals surface area contributed by atoms with E-state index in [1.54, 1.807) is 72.8 Å². The van der Waals surface area contributed by atoms with Crippen molar-refractivity contribution in [3.8, 4) is 0 Å². The summed E-state index contributed by atoms with van der Waals surface area (Å²) in [6.45, 7) is 4.00. The molecule has 0 saturated heterocycles. The van der Waals surface area contributed by atoms with E-state index in [1.165, 1.54) is 28.3 Å². The molecule has 1 unspecified atom stereocenters. The van der Waals surface area contributed by atoms with E-state index in [1.807, 2.05) is 13.8 Å². The van der Waals surface area contributed by atoms with E-state index in [2.05, 4.69) is 23.5 Å². The number of nitrogens with one attached hydrogen (secondary N) is 1. The molecule has 5 rings (SSSR count). The normalized spacial score (nSPS) is 13.7. The number of nitrogens with zero attached hydrogens (tertiary/aromatic N) is 1. The first kappa shape index (κ1) is 28.9. The molecule has 0 heterocycles. The topological polar surface area (TPSA) is 66.5 Å². The molecule has 212 valence electrons. The Morgan fingerprint density at radius 3 is 2.29 bits per heavy atom. The molecular weight excluding hydrogens is 552 g/mol. The van der Waals surface area contributed by atoms with E-state index in [0.717, 1.165) is 29.5 Å². The van der Waals surface area contributed by atoms with E-state index >= 15 is 0 Å². The fourth-order valence-electron chi connectivity index (χ4n) is 5.40. The Hall–Kier alpha value is -3.61. The van der Waals surface area contributed by atoms with Crippen LogP contribution in [0.3, 0.4) is 0 Å². The molecule has 5 nitrogen and oxygen atoms in total. The van der Waals surface area contributed by atoms with Gasteiger partial charge >= 0.3 is 0 Å². The molecule has 0 bridgehead atoms. The lowest BCUT2D eigenvalue weighted by Gasteiger charge is -2.27. The second kappa shape index (κ2) is 12.5. The van der Waals surface area contributed by atoms with Crippen LogP contribution < -0.4 is 9.62 Å². The third-order valence-corrected chi connectivity index (χ3v) is 9.78. The van der Waals surface area contributed by atoms with Gasteiger partial charge in [-0.15, -0.1) is 0 Å². The Morgan fingerprint density at radius 2 is 1.59 bits per heavy atom. The maximum atomic E-state index is 14.1. The fraction of sp³-hybridized carbons (Fsp3) is 0.265. The van der Waals surface area contributed by atoms with Crippen LogP contribution >= 0.6 is 11.6 Å². The molecule has 4 aromatic rings. The van der Waals surface area contributed by atoms with E-state index in [0.29, 0.717) is 22.7 Å². The Labute approximate surface area is 248 Å². The highest BCUT2D eigenvalue weighted by Gasteiger charge is 2.29. The van der Waals surface area contributed by atoms with Crippen LogP contribution in [0.4, 0.5) is 5.69 Å². The van der Waals surface area contributed by atoms with Crippen molar-refractivity contribution in [2.45, 2.75) is 63.4 Å². The zero-order valence-electron chi connectivity index (χ0n) is 23.4. The quantitative estimate of drug-likeness (QED) is 0.217. The highest BCUT2D eigenvalue weighted by Crippen LogP contribution is 2.31. The van der Waals surface area contributed by atoms with Crippen LogP contribution in [-0.2, 0) is 29.4 Å². The second-order valence-electron chi connectivity index (χ2n) is 10.6. The first-order chi connectivity index (χ1) is 19.8. The molecule has 0 radical (unpaired) electrons. The summed E-state index contributed by atoms with van der Waals surface area (Å²) in [5.74, 6) is -0.314. The lowest BCUT2D eigenvalue weighted by Crippen LogP contribution is -2.34. The lowest BCUT2D eigenvalue weighted by molar-refractivity contribution is 0.0936. The van der Waals surface area contributed by atoms with Gasteiger partial charge in [0, 0.05) is 5.02 Å². The summed E-state index contributed by atoms with van der Waals surface area (Å²) in [5.41, 5.74) is 6.16. The van der Waals surface area contributed by atoms with Crippen LogP contribution in [0.2, 0.25) is 5.02 Å². The Balaban J connectivity index is 1.51. The number of amides is 1. The van der Waals surface area contributed by atoms with E-state index in [-0.39, 0.29) is 23.4 Å². The van der Waals surface area contributed by atoms with Gasteiger partial charge in [0.2, 0.25) is 0 Å². The van der Waals surface area contributed by atoms with Crippen molar-refractivity contribution in [3.63, 3.8) is 0 Å². The van der Waals surface area contributed by atoms with Gasteiger partial charge < -0.3 is 5.32 Å². The van der Waals surface area contributed by atoms with Gasteiger partial charge in [-0.2, -0.15) is 0 Å². The number of rotatable bonds is 9. The molecule has 4 aromatic carbocycles. The highest BCUT2D eigenvalue weighted by molar-refractivity contribution is 7.92. The summed E-state index contributed by atoms with van der Waals surface area (Å²) in [4.78, 5) is 14.0. The number of hydrogen-bond acceptors (Lipinski definition) is 3. The summed E-state index contributed by atoms with van der Waals surface area (Å²) < 4.78 is 29.5. The number of sulfonamides is 1. The number of aryl methyl sites for hydroxylation is 3. The third-order valence-electron chi connectivity index (χ3n) is 7.75. The number of carbonyl (C=O) groups excluding carboxylic acids is 1. The Kier molecular flexibility index (Phi) is 8.81. The van der Waals surface area contributed by atoms with E-state index in [4.69, 9.17) is 11.6 Å². The molecule has 0 fully saturated rings. The molecule has 41 heavy (non-hydrogen) atoms. The van der Waals surface area contributed by atoms with Crippen LogP contribution in [0.1, 0.15) is 70.4 Å². The zero-order valence-corrected chi connectivity index (χ0v) is 25.0. The van der Waals surface area contributed by atoms with E-state index < -0.39 is 10.0 Å². The second-order valence-corrected chi connectivity index (χ2v) is 12.9. The minimum Gasteiger partial charge on any atom is -0.345 e. The van der Waals surface area contributed by atoms with Gasteiger partial charge in [-0.1, -0.05) is 78.7 Å². The molecule has 1 atom stereocenters. The maximum Gasteiger partial charge on any atom is 0.264 e. The molecule has 1 aliphatic rings. The zero-order chi connectivity index (χ0) is 29.0. The summed E-state index contributed by atoms with van der Waals surface area (Å²) >= 11 is 6.10. The van der Waals surface area contributed by atoms with Crippen molar-refractivity contribution in [1.29, 1.82) is 0 Å². The van der Waals surface area contributed by atoms with Gasteiger partial charge in [-0.05, 0) is 97.7 Å². The molecule has 0 aromatic heterocycles. The SMILES string of the molecule is CCC(NC(=O)c1ccccc1N(Cc1ccc(Cl)cc1)S(=O)(=O)c1ccc(C)cc1)c1ccc2c(c1)CCCC2. The average Bonchev–Trinajstić information content (AvgIpc) is 2.99. The molecular formula is C34H35ClN2O3S. The number of para-hydroxylation sites is 1. The van der Waals surface area contributed by atoms with Gasteiger partial charge in [-0.25, -0.2) is 8.42 Å². The van der Waals surface area contributed by atoms with Crippen molar-refractivity contribution in [2.75, 3.05) is 4.31 Å². The molecule has 0 aliphatic heterocycles. The third kappa shape index (κ3) is 6.50. The van der Waals surface area contributed by atoms with Crippen LogP contribution in [0, 0.1) is 6.92 Å². The summed E-state index contributed by atoms with van der Waals surface area (Å²) in [6, 6.07) is 27.0. The molecule has 0 spiro atoms. The molecule has 1 amide bonds. The fourth-order valence-corrected chi connectivity index (χ4v) is 7.00. The minimum absolute atomic E-state index is 0.0414. The lowest BCUT2D eigenvalue weighted by atomic mass is 9.88. The van der Waals surface area contributed by atoms with Crippen LogP contribution in [0.5, 0.6) is 0 Å². The maximum absolute atomic E-state index is 14.1. The predicted octanol–water partition coefficient (Wildman–Crippen LogP) is 7.80. The number of carbonyl (C=O) groups is 1. The van der Waals surface area contributed by atoms with Crippen LogP contribution in [0.15, 0.2) is 95.9 Å². The number of hydrogen-bond donors (Lipinski definition) is 1. The Morgan fingerprint density at radius 1 is 0.902 bits per heavy atom. The first-order valence-electron chi connectivity index (χ1n) is 14.1. The summed E-state index contributed by atoms with van der Waals surface area (Å²) in [5, 5.41) is 3.76. The van der Waals surface area contributed by atoms with Gasteiger partial charge in [0.05, 0.1) is 28.7 Å². The van der Waals surface area contributed by atoms with Gasteiger partial charge in [0.1, 0.15) is 0 Å². The summed E-state index contributed by atoms with van der Waals surface area (Å²) in [7, 11) is -4.01. The van der Waals surface area contributed by atoms with Crippen molar-refractivity contribution in [3.05, 3.63) is 129 Å².